The Hall–Kier alpha value is -1.43. The molecule has 0 bridgehead atoms. The van der Waals surface area contributed by atoms with E-state index in [-0.39, 0.29) is 5.91 Å². The van der Waals surface area contributed by atoms with Gasteiger partial charge in [0.05, 0.1) is 13.1 Å². The SMILES string of the molecule is CCn1cnnc1CNCC(=O)N1CCCCC1. The van der Waals surface area contributed by atoms with Crippen molar-refractivity contribution in [3.63, 3.8) is 0 Å². The van der Waals surface area contributed by atoms with Crippen LogP contribution in [0, 0.1) is 0 Å². The Balaban J connectivity index is 1.73. The van der Waals surface area contributed by atoms with Crippen molar-refractivity contribution < 1.29 is 4.79 Å². The fourth-order valence-electron chi connectivity index (χ4n) is 2.22. The number of nitrogens with zero attached hydrogens (tertiary/aromatic N) is 4. The number of aromatic nitrogens is 3. The monoisotopic (exact) mass is 251 g/mol. The topological polar surface area (TPSA) is 63.1 Å². The lowest BCUT2D eigenvalue weighted by molar-refractivity contribution is -0.131. The van der Waals surface area contributed by atoms with Crippen LogP contribution in [0.25, 0.3) is 0 Å². The summed E-state index contributed by atoms with van der Waals surface area (Å²) in [4.78, 5) is 13.8. The Morgan fingerprint density at radius 2 is 2.17 bits per heavy atom. The molecule has 6 heteroatoms. The van der Waals surface area contributed by atoms with Gasteiger partial charge >= 0.3 is 0 Å². The highest BCUT2D eigenvalue weighted by molar-refractivity contribution is 5.78. The molecule has 0 aromatic carbocycles. The minimum Gasteiger partial charge on any atom is -0.342 e. The van der Waals surface area contributed by atoms with Gasteiger partial charge in [-0.15, -0.1) is 10.2 Å². The lowest BCUT2D eigenvalue weighted by Crippen LogP contribution is -2.41. The minimum atomic E-state index is 0.192. The van der Waals surface area contributed by atoms with Crippen molar-refractivity contribution in [2.75, 3.05) is 19.6 Å². The molecule has 0 unspecified atom stereocenters. The van der Waals surface area contributed by atoms with Gasteiger partial charge in [0.1, 0.15) is 12.2 Å². The van der Waals surface area contributed by atoms with Crippen molar-refractivity contribution in [2.45, 2.75) is 39.3 Å². The molecule has 0 atom stereocenters. The molecule has 1 amide bonds. The van der Waals surface area contributed by atoms with E-state index in [2.05, 4.69) is 15.5 Å². The van der Waals surface area contributed by atoms with Crippen LogP contribution in [0.1, 0.15) is 32.0 Å². The Labute approximate surface area is 107 Å². The first kappa shape index (κ1) is 13.0. The van der Waals surface area contributed by atoms with E-state index in [0.29, 0.717) is 13.1 Å². The molecular weight excluding hydrogens is 230 g/mol. The van der Waals surface area contributed by atoms with Gasteiger partial charge in [0.2, 0.25) is 5.91 Å². The third kappa shape index (κ3) is 3.29. The van der Waals surface area contributed by atoms with Gasteiger partial charge in [-0.25, -0.2) is 0 Å². The van der Waals surface area contributed by atoms with Gasteiger partial charge in [-0.1, -0.05) is 0 Å². The lowest BCUT2D eigenvalue weighted by atomic mass is 10.1. The Bertz CT molecular complexity index is 384. The van der Waals surface area contributed by atoms with E-state index in [9.17, 15) is 4.79 Å². The number of hydrogen-bond donors (Lipinski definition) is 1. The zero-order valence-corrected chi connectivity index (χ0v) is 10.9. The molecule has 1 saturated heterocycles. The summed E-state index contributed by atoms with van der Waals surface area (Å²) < 4.78 is 1.97. The molecule has 1 N–H and O–H groups in total. The van der Waals surface area contributed by atoms with Crippen LogP contribution in [0.2, 0.25) is 0 Å². The number of likely N-dealkylation sites (tertiary alicyclic amines) is 1. The summed E-state index contributed by atoms with van der Waals surface area (Å²) in [5, 5.41) is 11.0. The fraction of sp³-hybridized carbons (Fsp3) is 0.750. The minimum absolute atomic E-state index is 0.192. The van der Waals surface area contributed by atoms with Crippen LogP contribution in [0.4, 0.5) is 0 Å². The summed E-state index contributed by atoms with van der Waals surface area (Å²) in [7, 11) is 0. The van der Waals surface area contributed by atoms with E-state index in [1.54, 1.807) is 6.33 Å². The molecular formula is C12H21N5O. The van der Waals surface area contributed by atoms with Gasteiger partial charge in [-0.2, -0.15) is 0 Å². The number of piperidine rings is 1. The van der Waals surface area contributed by atoms with E-state index in [0.717, 1.165) is 38.3 Å². The molecule has 1 aliphatic rings. The number of carbonyl (C=O) groups excluding carboxylic acids is 1. The van der Waals surface area contributed by atoms with Gasteiger partial charge < -0.3 is 14.8 Å². The summed E-state index contributed by atoms with van der Waals surface area (Å²) in [6.07, 6.45) is 5.23. The summed E-state index contributed by atoms with van der Waals surface area (Å²) in [6, 6.07) is 0. The second-order valence-electron chi connectivity index (χ2n) is 4.58. The summed E-state index contributed by atoms with van der Waals surface area (Å²) in [5.74, 6) is 1.07. The van der Waals surface area contributed by atoms with E-state index < -0.39 is 0 Å². The van der Waals surface area contributed by atoms with Crippen LogP contribution in [0.5, 0.6) is 0 Å². The quantitative estimate of drug-likeness (QED) is 0.823. The molecule has 2 heterocycles. The average Bonchev–Trinajstić information content (AvgIpc) is 2.87. The molecule has 0 saturated carbocycles. The maximum absolute atomic E-state index is 11.9. The molecule has 2 rings (SSSR count). The second kappa shape index (κ2) is 6.49. The van der Waals surface area contributed by atoms with Crippen LogP contribution < -0.4 is 5.32 Å². The molecule has 6 nitrogen and oxygen atoms in total. The van der Waals surface area contributed by atoms with Crippen molar-refractivity contribution in [1.29, 1.82) is 0 Å². The highest BCUT2D eigenvalue weighted by Gasteiger charge is 2.15. The first-order valence-electron chi connectivity index (χ1n) is 6.66. The van der Waals surface area contributed by atoms with E-state index in [4.69, 9.17) is 0 Å². The maximum Gasteiger partial charge on any atom is 0.236 e. The van der Waals surface area contributed by atoms with E-state index in [1.807, 2.05) is 16.4 Å². The normalized spacial score (nSPS) is 15.9. The number of carbonyl (C=O) groups is 1. The number of aryl methyl sites for hydroxylation is 1. The van der Waals surface area contributed by atoms with Crippen molar-refractivity contribution in [3.8, 4) is 0 Å². The fourth-order valence-corrected chi connectivity index (χ4v) is 2.22. The van der Waals surface area contributed by atoms with Gasteiger partial charge in [0.15, 0.2) is 0 Å². The molecule has 18 heavy (non-hydrogen) atoms. The van der Waals surface area contributed by atoms with Crippen LogP contribution in [-0.2, 0) is 17.9 Å². The van der Waals surface area contributed by atoms with Gasteiger partial charge in [-0.3, -0.25) is 4.79 Å². The van der Waals surface area contributed by atoms with Crippen molar-refractivity contribution in [3.05, 3.63) is 12.2 Å². The molecule has 0 spiro atoms. The molecule has 0 aliphatic carbocycles. The lowest BCUT2D eigenvalue weighted by Gasteiger charge is -2.26. The highest BCUT2D eigenvalue weighted by Crippen LogP contribution is 2.08. The Morgan fingerprint density at radius 1 is 1.39 bits per heavy atom. The van der Waals surface area contributed by atoms with E-state index >= 15 is 0 Å². The van der Waals surface area contributed by atoms with Crippen molar-refractivity contribution in [1.82, 2.24) is 25.0 Å². The zero-order chi connectivity index (χ0) is 12.8. The van der Waals surface area contributed by atoms with E-state index in [1.165, 1.54) is 6.42 Å². The molecule has 1 fully saturated rings. The summed E-state index contributed by atoms with van der Waals surface area (Å²) in [5.41, 5.74) is 0. The highest BCUT2D eigenvalue weighted by atomic mass is 16.2. The number of rotatable bonds is 5. The predicted molar refractivity (Wildman–Crippen MR) is 67.8 cm³/mol. The zero-order valence-electron chi connectivity index (χ0n) is 10.9. The van der Waals surface area contributed by atoms with Crippen LogP contribution in [0.3, 0.4) is 0 Å². The first-order valence-corrected chi connectivity index (χ1v) is 6.66. The Morgan fingerprint density at radius 3 is 2.89 bits per heavy atom. The van der Waals surface area contributed by atoms with Crippen LogP contribution in [0.15, 0.2) is 6.33 Å². The number of nitrogens with one attached hydrogen (secondary N) is 1. The summed E-state index contributed by atoms with van der Waals surface area (Å²) in [6.45, 7) is 5.69. The van der Waals surface area contributed by atoms with Crippen LogP contribution in [-0.4, -0.2) is 45.2 Å². The molecule has 100 valence electrons. The molecule has 1 aromatic rings. The predicted octanol–water partition coefficient (Wildman–Crippen LogP) is 0.400. The van der Waals surface area contributed by atoms with Gasteiger partial charge in [0.25, 0.3) is 0 Å². The smallest absolute Gasteiger partial charge is 0.236 e. The summed E-state index contributed by atoms with van der Waals surface area (Å²) >= 11 is 0. The van der Waals surface area contributed by atoms with Crippen LogP contribution >= 0.6 is 0 Å². The first-order chi connectivity index (χ1) is 8.81. The molecule has 1 aliphatic heterocycles. The number of hydrogen-bond acceptors (Lipinski definition) is 4. The van der Waals surface area contributed by atoms with Crippen molar-refractivity contribution in [2.24, 2.45) is 0 Å². The standard InChI is InChI=1S/C12H21N5O/c1-2-16-10-14-15-11(16)8-13-9-12(18)17-6-4-3-5-7-17/h10,13H,2-9H2,1H3. The maximum atomic E-state index is 11.9. The average molecular weight is 251 g/mol. The molecule has 0 radical (unpaired) electrons. The largest absolute Gasteiger partial charge is 0.342 e. The second-order valence-corrected chi connectivity index (χ2v) is 4.58. The third-order valence-corrected chi connectivity index (χ3v) is 3.30. The Kier molecular flexibility index (Phi) is 4.69. The third-order valence-electron chi connectivity index (χ3n) is 3.30. The van der Waals surface area contributed by atoms with Crippen molar-refractivity contribution >= 4 is 5.91 Å². The number of amides is 1. The molecule has 1 aromatic heterocycles. The van der Waals surface area contributed by atoms with Gasteiger partial charge in [0, 0.05) is 19.6 Å². The van der Waals surface area contributed by atoms with Gasteiger partial charge in [-0.05, 0) is 26.2 Å².